The summed E-state index contributed by atoms with van der Waals surface area (Å²) in [6, 6.07) is 21.6. The Hall–Kier alpha value is -4.70. The fourth-order valence-electron chi connectivity index (χ4n) is 5.86. The normalized spacial score (nSPS) is 13.9. The lowest BCUT2D eigenvalue weighted by Crippen LogP contribution is -2.45. The number of amides is 3. The molecule has 0 radical (unpaired) electrons. The molecule has 0 spiro atoms. The highest BCUT2D eigenvalue weighted by molar-refractivity contribution is 7.09. The van der Waals surface area contributed by atoms with Gasteiger partial charge >= 0.3 is 0 Å². The van der Waals surface area contributed by atoms with Gasteiger partial charge in [0.2, 0.25) is 5.91 Å². The number of anilines is 2. The van der Waals surface area contributed by atoms with E-state index in [1.807, 2.05) is 62.4 Å². The van der Waals surface area contributed by atoms with Gasteiger partial charge in [0, 0.05) is 18.3 Å². The number of aromatic nitrogens is 1. The summed E-state index contributed by atoms with van der Waals surface area (Å²) in [7, 11) is 1.57. The molecule has 1 saturated carbocycles. The second-order valence-electron chi connectivity index (χ2n) is 11.7. The number of carbonyl (C=O) groups excluding carboxylic acids is 3. The summed E-state index contributed by atoms with van der Waals surface area (Å²) in [6.45, 7) is 4.25. The Balaban J connectivity index is 1.53. The highest BCUT2D eigenvalue weighted by Crippen LogP contribution is 2.36. The van der Waals surface area contributed by atoms with Gasteiger partial charge in [-0.1, -0.05) is 73.9 Å². The van der Waals surface area contributed by atoms with Gasteiger partial charge in [-0.25, -0.2) is 0 Å². The summed E-state index contributed by atoms with van der Waals surface area (Å²) < 4.78 is 9.71. The second-order valence-corrected chi connectivity index (χ2v) is 12.5. The van der Waals surface area contributed by atoms with Crippen molar-refractivity contribution in [3.63, 3.8) is 0 Å². The van der Waals surface area contributed by atoms with E-state index in [1.54, 1.807) is 31.4 Å². The number of ether oxygens (including phenoxy) is 1. The van der Waals surface area contributed by atoms with E-state index in [9.17, 15) is 14.4 Å². The zero-order chi connectivity index (χ0) is 32.6. The molecular formula is C36H41N5O4S. The van der Waals surface area contributed by atoms with Crippen LogP contribution in [-0.4, -0.2) is 41.8 Å². The first kappa shape index (κ1) is 32.7. The van der Waals surface area contributed by atoms with E-state index < -0.39 is 11.9 Å². The summed E-state index contributed by atoms with van der Waals surface area (Å²) in [5.74, 6) is -0.631. The average molecular weight is 640 g/mol. The number of nitrogens with two attached hydrogens (primary N) is 1. The van der Waals surface area contributed by atoms with Gasteiger partial charge in [-0.05, 0) is 85.1 Å². The molecule has 10 heteroatoms. The van der Waals surface area contributed by atoms with Crippen LogP contribution >= 0.6 is 11.5 Å². The molecule has 3 amide bonds. The lowest BCUT2D eigenvalue weighted by Gasteiger charge is -2.33. The molecule has 46 heavy (non-hydrogen) atoms. The number of benzene rings is 3. The molecule has 0 saturated heterocycles. The third kappa shape index (κ3) is 7.39. The van der Waals surface area contributed by atoms with Crippen molar-refractivity contribution in [2.45, 2.75) is 64.5 Å². The number of carbonyl (C=O) groups is 3. The van der Waals surface area contributed by atoms with Crippen LogP contribution in [0.3, 0.4) is 0 Å². The third-order valence-electron chi connectivity index (χ3n) is 8.63. The van der Waals surface area contributed by atoms with E-state index in [4.69, 9.17) is 10.5 Å². The van der Waals surface area contributed by atoms with Crippen molar-refractivity contribution in [2.75, 3.05) is 24.3 Å². The van der Waals surface area contributed by atoms with Crippen LogP contribution in [0.4, 0.5) is 11.4 Å². The minimum atomic E-state index is -1.06. The first-order valence-electron chi connectivity index (χ1n) is 15.7. The number of rotatable bonds is 11. The van der Waals surface area contributed by atoms with Crippen molar-refractivity contribution >= 4 is 40.6 Å². The van der Waals surface area contributed by atoms with Crippen LogP contribution in [0, 0.1) is 13.8 Å². The van der Waals surface area contributed by atoms with Crippen molar-refractivity contribution in [1.82, 2.24) is 15.0 Å². The van der Waals surface area contributed by atoms with E-state index in [1.165, 1.54) is 4.90 Å². The van der Waals surface area contributed by atoms with Gasteiger partial charge in [-0.2, -0.15) is 4.37 Å². The molecule has 0 unspecified atom stereocenters. The molecule has 5 rings (SSSR count). The molecule has 0 bridgehead atoms. The average Bonchev–Trinajstić information content (AvgIpc) is 3.47. The smallest absolute Gasteiger partial charge is 0.273 e. The van der Waals surface area contributed by atoms with Crippen LogP contribution in [0.15, 0.2) is 72.8 Å². The fraction of sp³-hybridized carbons (Fsp3) is 0.333. The third-order valence-corrected chi connectivity index (χ3v) is 9.48. The van der Waals surface area contributed by atoms with Crippen LogP contribution in [0.1, 0.15) is 80.6 Å². The molecule has 0 aliphatic heterocycles. The molecule has 1 atom stereocenters. The quantitative estimate of drug-likeness (QED) is 0.180. The standard InChI is InChI=1S/C36H41N5O4S/c1-23-11-10-16-29(24(23)2)41(36(44)33-30(37)31(40-46-33)34(42)39-27-14-8-5-9-15-27)32(26-17-19-28(45-3)20-18-26)35(43)38-22-21-25-12-6-4-7-13-25/h4,6-7,10-13,16-20,27,32H,5,8-9,14-15,21-22,37H2,1-3H3,(H,38,43)(H,39,42)/t32-/m0/s1. The number of methoxy groups -OCH3 is 1. The Morgan fingerprint density at radius 1 is 0.978 bits per heavy atom. The number of aryl methyl sites for hydroxylation is 1. The second kappa shape index (κ2) is 15.1. The number of nitrogens with zero attached hydrogens (tertiary/aromatic N) is 2. The maximum atomic E-state index is 14.7. The maximum absolute atomic E-state index is 14.7. The van der Waals surface area contributed by atoms with E-state index in [-0.39, 0.29) is 34.1 Å². The highest BCUT2D eigenvalue weighted by atomic mass is 32.1. The number of nitrogens with one attached hydrogen (secondary N) is 2. The molecule has 4 N–H and O–H groups in total. The van der Waals surface area contributed by atoms with E-state index in [2.05, 4.69) is 15.0 Å². The van der Waals surface area contributed by atoms with Gasteiger partial charge in [0.1, 0.15) is 16.7 Å². The molecule has 1 heterocycles. The van der Waals surface area contributed by atoms with Gasteiger partial charge in [0.15, 0.2) is 5.69 Å². The molecule has 240 valence electrons. The van der Waals surface area contributed by atoms with Crippen LogP contribution in [-0.2, 0) is 11.2 Å². The van der Waals surface area contributed by atoms with Crippen molar-refractivity contribution < 1.29 is 19.1 Å². The Morgan fingerprint density at radius 2 is 1.70 bits per heavy atom. The Kier molecular flexibility index (Phi) is 10.7. The predicted molar refractivity (Wildman–Crippen MR) is 182 cm³/mol. The van der Waals surface area contributed by atoms with Gasteiger partial charge in [0.05, 0.1) is 12.8 Å². The minimum Gasteiger partial charge on any atom is -0.497 e. The molecule has 1 fully saturated rings. The lowest BCUT2D eigenvalue weighted by atomic mass is 9.95. The SMILES string of the molecule is COc1ccc([C@@H](C(=O)NCCc2ccccc2)N(C(=O)c2snc(C(=O)NC3CCCCC3)c2N)c2cccc(C)c2C)cc1. The molecule has 3 aromatic carbocycles. The van der Waals surface area contributed by atoms with Gasteiger partial charge in [-0.15, -0.1) is 0 Å². The first-order valence-corrected chi connectivity index (χ1v) is 16.5. The first-order chi connectivity index (χ1) is 22.3. The number of hydrogen-bond acceptors (Lipinski definition) is 7. The summed E-state index contributed by atoms with van der Waals surface area (Å²) in [5.41, 5.74) is 10.6. The van der Waals surface area contributed by atoms with E-state index >= 15 is 0 Å². The lowest BCUT2D eigenvalue weighted by molar-refractivity contribution is -0.122. The van der Waals surface area contributed by atoms with Crippen molar-refractivity contribution in [1.29, 1.82) is 0 Å². The maximum Gasteiger partial charge on any atom is 0.273 e. The predicted octanol–water partition coefficient (Wildman–Crippen LogP) is 6.16. The van der Waals surface area contributed by atoms with Crippen LogP contribution < -0.4 is 26.0 Å². The Labute approximate surface area is 274 Å². The topological polar surface area (TPSA) is 127 Å². The van der Waals surface area contributed by atoms with Crippen LogP contribution in [0.5, 0.6) is 5.75 Å². The molecule has 4 aromatic rings. The van der Waals surface area contributed by atoms with E-state index in [0.29, 0.717) is 30.0 Å². The van der Waals surface area contributed by atoms with Crippen LogP contribution in [0.25, 0.3) is 0 Å². The summed E-state index contributed by atoms with van der Waals surface area (Å²) >= 11 is 0.874. The summed E-state index contributed by atoms with van der Waals surface area (Å²) in [5, 5.41) is 6.11. The van der Waals surface area contributed by atoms with Crippen molar-refractivity contribution in [3.8, 4) is 5.75 Å². The van der Waals surface area contributed by atoms with E-state index in [0.717, 1.165) is 60.3 Å². The van der Waals surface area contributed by atoms with Gasteiger partial charge in [0.25, 0.3) is 11.8 Å². The van der Waals surface area contributed by atoms with Crippen LogP contribution in [0.2, 0.25) is 0 Å². The molecular weight excluding hydrogens is 598 g/mol. The van der Waals surface area contributed by atoms with Crippen molar-refractivity contribution in [3.05, 3.63) is 106 Å². The molecule has 1 aromatic heterocycles. The van der Waals surface area contributed by atoms with Gasteiger partial charge < -0.3 is 21.1 Å². The minimum absolute atomic E-state index is 0.0107. The highest BCUT2D eigenvalue weighted by Gasteiger charge is 2.37. The van der Waals surface area contributed by atoms with Gasteiger partial charge in [-0.3, -0.25) is 19.3 Å². The summed E-state index contributed by atoms with van der Waals surface area (Å²) in [4.78, 5) is 43.7. The largest absolute Gasteiger partial charge is 0.497 e. The number of hydrogen-bond donors (Lipinski definition) is 3. The molecule has 1 aliphatic rings. The van der Waals surface area contributed by atoms with Crippen molar-refractivity contribution in [2.24, 2.45) is 0 Å². The number of nitrogen functional groups attached to an aromatic ring is 1. The summed E-state index contributed by atoms with van der Waals surface area (Å²) in [6.07, 6.45) is 5.72. The zero-order valence-corrected chi connectivity index (χ0v) is 27.4. The molecule has 9 nitrogen and oxygen atoms in total. The monoisotopic (exact) mass is 639 g/mol. The molecule has 1 aliphatic carbocycles. The Morgan fingerprint density at radius 3 is 2.39 bits per heavy atom. The Bertz CT molecular complexity index is 1670. The fourth-order valence-corrected chi connectivity index (χ4v) is 6.60. The zero-order valence-electron chi connectivity index (χ0n) is 26.5.